The Balaban J connectivity index is 0.000000680. The van der Waals surface area contributed by atoms with Crippen LogP contribution in [0.25, 0.3) is 0 Å². The molecule has 2 rings (SSSR count). The Kier molecular flexibility index (Phi) is 20.7. The lowest BCUT2D eigenvalue weighted by molar-refractivity contribution is -0.144. The summed E-state index contributed by atoms with van der Waals surface area (Å²) in [5.41, 5.74) is -0.241. The van der Waals surface area contributed by atoms with E-state index in [1.54, 1.807) is 14.0 Å². The van der Waals surface area contributed by atoms with Crippen LogP contribution in [0.5, 0.6) is 0 Å². The molecule has 2 aliphatic carbocycles. The van der Waals surface area contributed by atoms with Crippen LogP contribution in [0.3, 0.4) is 0 Å². The summed E-state index contributed by atoms with van der Waals surface area (Å²) in [6, 6.07) is 0. The van der Waals surface area contributed by atoms with E-state index >= 15 is 0 Å². The number of carbonyl (C=O) groups excluding carboxylic acids is 4. The highest BCUT2D eigenvalue weighted by atomic mass is 16.5. The maximum atomic E-state index is 12.2. The van der Waals surface area contributed by atoms with Gasteiger partial charge in [-0.15, -0.1) is 0 Å². The first-order valence-corrected chi connectivity index (χ1v) is 18.3. The SMILES string of the molecule is CCNC(=O)[C@@H]1C[C@H](C)CC[C@H]1C(C)C.CCOC(=O)CNC(=O)[C@@H]1C[C@H](C)CC[C@H]1C(C)C.CNC(=O)C(C)(C(C)C)C(C)C. The van der Waals surface area contributed by atoms with Gasteiger partial charge in [0, 0.05) is 25.4 Å². The molecule has 0 saturated heterocycles. The van der Waals surface area contributed by atoms with Crippen LogP contribution in [0.4, 0.5) is 0 Å². The Morgan fingerprint density at radius 2 is 1.13 bits per heavy atom. The molecule has 0 heterocycles. The Morgan fingerprint density at radius 1 is 0.717 bits per heavy atom. The van der Waals surface area contributed by atoms with Crippen molar-refractivity contribution in [1.29, 1.82) is 0 Å². The third kappa shape index (κ3) is 13.9. The van der Waals surface area contributed by atoms with E-state index in [9.17, 15) is 19.2 Å². The fourth-order valence-electron chi connectivity index (χ4n) is 7.28. The molecule has 0 radical (unpaired) electrons. The van der Waals surface area contributed by atoms with Crippen molar-refractivity contribution in [3.63, 3.8) is 0 Å². The Morgan fingerprint density at radius 3 is 1.43 bits per heavy atom. The fourth-order valence-corrected chi connectivity index (χ4v) is 7.28. The standard InChI is InChI=1S/C15H27NO3.C13H25NO.C10H21NO/c1-5-19-14(17)9-16-15(18)13-8-11(4)6-7-12(13)10(2)3;1-5-14-13(15)12-8-10(4)6-7-11(12)9(2)3;1-7(2)10(5,8(3)4)9(12)11-6/h10-13H,5-9H2,1-4H3,(H,16,18);9-12H,5-8H2,1-4H3,(H,14,15);7-8H,1-6H3,(H,11,12)/t11-,12+,13-;10-,11+,12-;/m11./s1. The molecule has 0 aromatic heterocycles. The zero-order valence-corrected chi connectivity index (χ0v) is 32.2. The number of carbonyl (C=O) groups is 4. The average Bonchev–Trinajstić information content (AvgIpc) is 2.99. The van der Waals surface area contributed by atoms with Crippen molar-refractivity contribution in [2.24, 2.45) is 64.6 Å². The predicted octanol–water partition coefficient (Wildman–Crippen LogP) is 7.26. The van der Waals surface area contributed by atoms with Crippen LogP contribution in [0.15, 0.2) is 0 Å². The van der Waals surface area contributed by atoms with Gasteiger partial charge in [0.05, 0.1) is 12.0 Å². The molecule has 0 aliphatic heterocycles. The second kappa shape index (κ2) is 21.7. The summed E-state index contributed by atoms with van der Waals surface area (Å²) in [4.78, 5) is 47.1. The molecule has 6 atom stereocenters. The second-order valence-electron chi connectivity index (χ2n) is 15.5. The lowest BCUT2D eigenvalue weighted by atomic mass is 9.70. The molecule has 3 N–H and O–H groups in total. The van der Waals surface area contributed by atoms with Gasteiger partial charge in [-0.2, -0.15) is 0 Å². The van der Waals surface area contributed by atoms with Crippen LogP contribution in [0.2, 0.25) is 0 Å². The van der Waals surface area contributed by atoms with Crippen LogP contribution in [0.1, 0.15) is 129 Å². The van der Waals surface area contributed by atoms with E-state index in [2.05, 4.69) is 85.2 Å². The van der Waals surface area contributed by atoms with Crippen LogP contribution in [-0.2, 0) is 23.9 Å². The molecule has 0 aromatic rings. The summed E-state index contributed by atoms with van der Waals surface area (Å²) < 4.78 is 4.82. The Hall–Kier alpha value is -2.12. The maximum absolute atomic E-state index is 12.2. The van der Waals surface area contributed by atoms with Crippen LogP contribution in [0, 0.1) is 64.6 Å². The molecule has 8 heteroatoms. The second-order valence-corrected chi connectivity index (χ2v) is 15.5. The van der Waals surface area contributed by atoms with Gasteiger partial charge < -0.3 is 20.7 Å². The van der Waals surface area contributed by atoms with Gasteiger partial charge >= 0.3 is 5.97 Å². The molecule has 270 valence electrons. The molecular weight excluding hydrogens is 578 g/mol. The third-order valence-corrected chi connectivity index (χ3v) is 10.9. The van der Waals surface area contributed by atoms with Gasteiger partial charge in [0.15, 0.2) is 0 Å². The van der Waals surface area contributed by atoms with Gasteiger partial charge in [-0.1, -0.05) is 89.0 Å². The fraction of sp³-hybridized carbons (Fsp3) is 0.895. The lowest BCUT2D eigenvalue weighted by Crippen LogP contribution is -2.44. The van der Waals surface area contributed by atoms with E-state index in [0.717, 1.165) is 25.8 Å². The molecule has 2 saturated carbocycles. The molecule has 3 amide bonds. The van der Waals surface area contributed by atoms with E-state index in [0.29, 0.717) is 54.0 Å². The summed E-state index contributed by atoms with van der Waals surface area (Å²) in [6.07, 6.45) is 6.83. The minimum atomic E-state index is -0.360. The summed E-state index contributed by atoms with van der Waals surface area (Å²) in [5, 5.41) is 8.44. The van der Waals surface area contributed by atoms with E-state index in [-0.39, 0.29) is 47.5 Å². The van der Waals surface area contributed by atoms with Gasteiger partial charge in [0.1, 0.15) is 6.54 Å². The molecule has 0 unspecified atom stereocenters. The quantitative estimate of drug-likeness (QED) is 0.204. The van der Waals surface area contributed by atoms with Gasteiger partial charge in [-0.25, -0.2) is 0 Å². The number of amides is 3. The molecule has 2 aliphatic rings. The topological polar surface area (TPSA) is 114 Å². The number of hydrogen-bond acceptors (Lipinski definition) is 5. The summed E-state index contributed by atoms with van der Waals surface area (Å²) in [6.45, 7) is 28.5. The number of nitrogens with one attached hydrogen (secondary N) is 3. The van der Waals surface area contributed by atoms with Gasteiger partial charge in [0.25, 0.3) is 0 Å². The summed E-state index contributed by atoms with van der Waals surface area (Å²) in [5.74, 6) is 4.58. The number of hydrogen-bond donors (Lipinski definition) is 3. The van der Waals surface area contributed by atoms with Gasteiger partial charge in [-0.05, 0) is 86.9 Å². The Bertz CT molecular complexity index is 908. The van der Waals surface area contributed by atoms with Crippen molar-refractivity contribution < 1.29 is 23.9 Å². The number of rotatable bonds is 11. The molecule has 8 nitrogen and oxygen atoms in total. The van der Waals surface area contributed by atoms with Crippen LogP contribution < -0.4 is 16.0 Å². The molecule has 0 bridgehead atoms. The van der Waals surface area contributed by atoms with Gasteiger partial charge in [0.2, 0.25) is 17.7 Å². The van der Waals surface area contributed by atoms with E-state index in [1.165, 1.54) is 19.3 Å². The lowest BCUT2D eigenvalue weighted by Gasteiger charge is -2.36. The monoisotopic (exact) mass is 652 g/mol. The van der Waals surface area contributed by atoms with Crippen molar-refractivity contribution in [1.82, 2.24) is 16.0 Å². The highest BCUT2D eigenvalue weighted by Gasteiger charge is 2.39. The highest BCUT2D eigenvalue weighted by molar-refractivity contribution is 5.84. The molecule has 2 fully saturated rings. The highest BCUT2D eigenvalue weighted by Crippen LogP contribution is 2.39. The summed E-state index contributed by atoms with van der Waals surface area (Å²) in [7, 11) is 1.70. The van der Waals surface area contributed by atoms with Crippen molar-refractivity contribution >= 4 is 23.7 Å². The number of esters is 1. The average molecular weight is 652 g/mol. The number of ether oxygens (including phenoxy) is 1. The normalized spacial score (nSPS) is 24.7. The molecular formula is C38H73N3O5. The van der Waals surface area contributed by atoms with Crippen LogP contribution in [-0.4, -0.2) is 50.4 Å². The minimum Gasteiger partial charge on any atom is -0.465 e. The minimum absolute atomic E-state index is 0.0115. The zero-order valence-electron chi connectivity index (χ0n) is 32.2. The zero-order chi connectivity index (χ0) is 35.8. The smallest absolute Gasteiger partial charge is 0.325 e. The van der Waals surface area contributed by atoms with Crippen molar-refractivity contribution in [3.05, 3.63) is 0 Å². The first kappa shape index (κ1) is 43.9. The van der Waals surface area contributed by atoms with E-state index in [4.69, 9.17) is 4.74 Å². The van der Waals surface area contributed by atoms with Crippen molar-refractivity contribution in [2.45, 2.75) is 129 Å². The first-order valence-electron chi connectivity index (χ1n) is 18.3. The van der Waals surface area contributed by atoms with Gasteiger partial charge in [-0.3, -0.25) is 19.2 Å². The molecule has 0 spiro atoms. The van der Waals surface area contributed by atoms with Crippen LogP contribution >= 0.6 is 0 Å². The first-order chi connectivity index (χ1) is 21.4. The van der Waals surface area contributed by atoms with E-state index < -0.39 is 0 Å². The maximum Gasteiger partial charge on any atom is 0.325 e. The van der Waals surface area contributed by atoms with Crippen molar-refractivity contribution in [2.75, 3.05) is 26.7 Å². The van der Waals surface area contributed by atoms with Crippen molar-refractivity contribution in [3.8, 4) is 0 Å². The van der Waals surface area contributed by atoms with E-state index in [1.807, 2.05) is 13.8 Å². The largest absolute Gasteiger partial charge is 0.465 e. The predicted molar refractivity (Wildman–Crippen MR) is 190 cm³/mol. The Labute approximate surface area is 283 Å². The molecule has 46 heavy (non-hydrogen) atoms. The molecule has 0 aromatic carbocycles. The summed E-state index contributed by atoms with van der Waals surface area (Å²) >= 11 is 0. The third-order valence-electron chi connectivity index (χ3n) is 10.9.